The number of pyridine rings is 1. The number of fused-ring (bicyclic) bond motifs is 1. The second kappa shape index (κ2) is 8.35. The van der Waals surface area contributed by atoms with Crippen LogP contribution in [0.15, 0.2) is 59.6 Å². The van der Waals surface area contributed by atoms with E-state index < -0.39 is 6.10 Å². The van der Waals surface area contributed by atoms with Crippen LogP contribution in [0.25, 0.3) is 22.2 Å². The van der Waals surface area contributed by atoms with Gasteiger partial charge in [0.05, 0.1) is 12.1 Å². The Morgan fingerprint density at radius 2 is 2.17 bits per heavy atom. The van der Waals surface area contributed by atoms with Gasteiger partial charge in [-0.3, -0.25) is 19.8 Å². The Balaban J connectivity index is 1.30. The number of nitrogens with one attached hydrogen (secondary N) is 2. The molecule has 0 spiro atoms. The molecule has 0 saturated carbocycles. The van der Waals surface area contributed by atoms with E-state index in [0.29, 0.717) is 13.2 Å². The summed E-state index contributed by atoms with van der Waals surface area (Å²) in [6, 6.07) is 11.7. The quantitative estimate of drug-likeness (QED) is 0.517. The minimum Gasteiger partial charge on any atom is -0.366 e. The molecule has 4 heterocycles. The zero-order valence-electron chi connectivity index (χ0n) is 16.2. The Kier molecular flexibility index (Phi) is 5.27. The van der Waals surface area contributed by atoms with Crippen LogP contribution in [0.3, 0.4) is 0 Å². The third-order valence-electron chi connectivity index (χ3n) is 5.21. The minimum absolute atomic E-state index is 0.127. The maximum atomic E-state index is 12.9. The first kappa shape index (κ1) is 18.9. The number of morpholine rings is 1. The van der Waals surface area contributed by atoms with Crippen molar-refractivity contribution in [2.45, 2.75) is 12.6 Å². The van der Waals surface area contributed by atoms with Gasteiger partial charge >= 0.3 is 0 Å². The number of hydrogen-bond acceptors (Lipinski definition) is 6. The molecule has 30 heavy (non-hydrogen) atoms. The van der Waals surface area contributed by atoms with Crippen LogP contribution in [-0.4, -0.2) is 51.8 Å². The molecular formula is C22H21N5O2S. The fourth-order valence-corrected chi connectivity index (χ4v) is 4.35. The number of benzene rings is 1. The fraction of sp³-hybridized carbons (Fsp3) is 0.227. The number of anilines is 1. The number of ether oxygens (including phenoxy) is 1. The van der Waals surface area contributed by atoms with Crippen molar-refractivity contribution in [2.24, 2.45) is 0 Å². The molecule has 1 atom stereocenters. The van der Waals surface area contributed by atoms with Crippen molar-refractivity contribution >= 4 is 33.8 Å². The first-order chi connectivity index (χ1) is 14.8. The number of carbonyl (C=O) groups is 1. The molecule has 1 amide bonds. The van der Waals surface area contributed by atoms with E-state index >= 15 is 0 Å². The van der Waals surface area contributed by atoms with Gasteiger partial charge in [-0.05, 0) is 52.7 Å². The third kappa shape index (κ3) is 3.97. The van der Waals surface area contributed by atoms with Gasteiger partial charge in [0.2, 0.25) is 0 Å². The number of aromatic amines is 1. The lowest BCUT2D eigenvalue weighted by Gasteiger charge is -2.31. The van der Waals surface area contributed by atoms with Crippen molar-refractivity contribution in [3.05, 3.63) is 65.1 Å². The number of aromatic nitrogens is 3. The van der Waals surface area contributed by atoms with Crippen LogP contribution < -0.4 is 5.32 Å². The molecule has 1 unspecified atom stereocenters. The molecule has 0 bridgehead atoms. The highest BCUT2D eigenvalue weighted by Gasteiger charge is 2.27. The average molecular weight is 420 g/mol. The third-order valence-corrected chi connectivity index (χ3v) is 5.95. The van der Waals surface area contributed by atoms with Gasteiger partial charge in [0.1, 0.15) is 11.8 Å². The second-order valence-electron chi connectivity index (χ2n) is 7.28. The van der Waals surface area contributed by atoms with E-state index in [-0.39, 0.29) is 5.91 Å². The highest BCUT2D eigenvalue weighted by Crippen LogP contribution is 2.28. The van der Waals surface area contributed by atoms with Gasteiger partial charge in [-0.15, -0.1) is 0 Å². The van der Waals surface area contributed by atoms with Gasteiger partial charge in [-0.1, -0.05) is 0 Å². The molecule has 8 heteroatoms. The molecule has 152 valence electrons. The van der Waals surface area contributed by atoms with Crippen molar-refractivity contribution in [3.63, 3.8) is 0 Å². The van der Waals surface area contributed by atoms with Crippen LogP contribution in [0.2, 0.25) is 0 Å². The molecule has 1 saturated heterocycles. The Bertz CT molecular complexity index is 1140. The lowest BCUT2D eigenvalue weighted by atomic mass is 10.1. The Hall–Kier alpha value is -3.07. The summed E-state index contributed by atoms with van der Waals surface area (Å²) in [7, 11) is 0. The highest BCUT2D eigenvalue weighted by atomic mass is 32.1. The van der Waals surface area contributed by atoms with E-state index in [9.17, 15) is 4.79 Å². The Labute approximate surface area is 177 Å². The van der Waals surface area contributed by atoms with Crippen molar-refractivity contribution in [1.29, 1.82) is 0 Å². The second-order valence-corrected chi connectivity index (χ2v) is 8.06. The largest absolute Gasteiger partial charge is 0.366 e. The topological polar surface area (TPSA) is 83.1 Å². The number of thiophene rings is 1. The van der Waals surface area contributed by atoms with Crippen molar-refractivity contribution in [3.8, 4) is 11.3 Å². The average Bonchev–Trinajstić information content (AvgIpc) is 3.44. The van der Waals surface area contributed by atoms with Gasteiger partial charge < -0.3 is 10.1 Å². The Morgan fingerprint density at radius 3 is 3.00 bits per heavy atom. The van der Waals surface area contributed by atoms with E-state index in [1.54, 1.807) is 23.7 Å². The molecule has 0 radical (unpaired) electrons. The van der Waals surface area contributed by atoms with Crippen LogP contribution in [-0.2, 0) is 16.1 Å². The van der Waals surface area contributed by atoms with E-state index in [0.717, 1.165) is 40.9 Å². The number of hydrogen-bond donors (Lipinski definition) is 2. The molecule has 1 aliphatic rings. The molecule has 3 aromatic heterocycles. The zero-order chi connectivity index (χ0) is 20.3. The summed E-state index contributed by atoms with van der Waals surface area (Å²) < 4.78 is 5.75. The van der Waals surface area contributed by atoms with Crippen LogP contribution >= 0.6 is 11.3 Å². The maximum Gasteiger partial charge on any atom is 0.254 e. The van der Waals surface area contributed by atoms with Crippen LogP contribution in [0, 0.1) is 0 Å². The normalized spacial score (nSPS) is 17.3. The number of H-pyrrole nitrogens is 1. The molecular weight excluding hydrogens is 398 g/mol. The lowest BCUT2D eigenvalue weighted by molar-refractivity contribution is -0.133. The molecule has 0 aliphatic carbocycles. The van der Waals surface area contributed by atoms with Gasteiger partial charge in [-0.25, -0.2) is 0 Å². The number of carbonyl (C=O) groups excluding carboxylic acids is 1. The number of nitrogens with zero attached hydrogens (tertiary/aromatic N) is 3. The predicted octanol–water partition coefficient (Wildman–Crippen LogP) is 3.53. The first-order valence-electron chi connectivity index (χ1n) is 9.81. The van der Waals surface area contributed by atoms with E-state index in [1.807, 2.05) is 30.3 Å². The highest BCUT2D eigenvalue weighted by molar-refractivity contribution is 7.07. The van der Waals surface area contributed by atoms with Crippen molar-refractivity contribution in [2.75, 3.05) is 25.0 Å². The van der Waals surface area contributed by atoms with Gasteiger partial charge in [0.15, 0.2) is 0 Å². The molecule has 1 aliphatic heterocycles. The smallest absolute Gasteiger partial charge is 0.254 e. The first-order valence-corrected chi connectivity index (χ1v) is 10.7. The van der Waals surface area contributed by atoms with E-state index in [2.05, 4.69) is 42.2 Å². The van der Waals surface area contributed by atoms with Crippen LogP contribution in [0.1, 0.15) is 5.56 Å². The standard InChI is InChI=1S/C22H21N5O2S/c28-22(20-13-27(8-9-29-20)12-15-5-10-30-14-15)24-17-1-2-19-18(11-17)21(26-25-19)16-3-6-23-7-4-16/h1-7,10-11,14,20H,8-9,12-13H2,(H,24,28)(H,25,26). The molecule has 5 rings (SSSR count). The summed E-state index contributed by atoms with van der Waals surface area (Å²) in [5.74, 6) is -0.127. The SMILES string of the molecule is O=C(Nc1ccc2[nH]nc(-c3ccncc3)c2c1)C1CN(Cc2ccsc2)CCO1. The summed E-state index contributed by atoms with van der Waals surface area (Å²) >= 11 is 1.69. The number of rotatable bonds is 5. The molecule has 7 nitrogen and oxygen atoms in total. The van der Waals surface area contributed by atoms with E-state index in [1.165, 1.54) is 5.56 Å². The molecule has 2 N–H and O–H groups in total. The summed E-state index contributed by atoms with van der Waals surface area (Å²) in [5.41, 5.74) is 4.72. The summed E-state index contributed by atoms with van der Waals surface area (Å²) in [4.78, 5) is 19.2. The fourth-order valence-electron chi connectivity index (χ4n) is 3.69. The van der Waals surface area contributed by atoms with Crippen LogP contribution in [0.4, 0.5) is 5.69 Å². The zero-order valence-corrected chi connectivity index (χ0v) is 17.1. The lowest BCUT2D eigenvalue weighted by Crippen LogP contribution is -2.47. The van der Waals surface area contributed by atoms with Gasteiger partial charge in [0, 0.05) is 48.7 Å². The molecule has 4 aromatic rings. The van der Waals surface area contributed by atoms with Gasteiger partial charge in [0.25, 0.3) is 5.91 Å². The Morgan fingerprint density at radius 1 is 1.27 bits per heavy atom. The number of amides is 1. The summed E-state index contributed by atoms with van der Waals surface area (Å²) in [6.07, 6.45) is 2.99. The minimum atomic E-state index is -0.489. The van der Waals surface area contributed by atoms with E-state index in [4.69, 9.17) is 4.74 Å². The van der Waals surface area contributed by atoms with Crippen molar-refractivity contribution in [1.82, 2.24) is 20.1 Å². The monoisotopic (exact) mass is 419 g/mol. The van der Waals surface area contributed by atoms with Crippen LogP contribution in [0.5, 0.6) is 0 Å². The summed E-state index contributed by atoms with van der Waals surface area (Å²) in [5, 5.41) is 15.6. The van der Waals surface area contributed by atoms with Gasteiger partial charge in [-0.2, -0.15) is 16.4 Å². The molecule has 1 fully saturated rings. The molecule has 1 aromatic carbocycles. The van der Waals surface area contributed by atoms with Crippen molar-refractivity contribution < 1.29 is 9.53 Å². The predicted molar refractivity (Wildman–Crippen MR) is 117 cm³/mol. The summed E-state index contributed by atoms with van der Waals surface area (Å²) in [6.45, 7) is 2.80. The maximum absolute atomic E-state index is 12.9.